The molecule has 0 fully saturated rings. The Morgan fingerprint density at radius 3 is 2.56 bits per heavy atom. The Morgan fingerprint density at radius 2 is 2.00 bits per heavy atom. The first kappa shape index (κ1) is 10.9. The molecule has 0 saturated heterocycles. The lowest BCUT2D eigenvalue weighted by Crippen LogP contribution is -2.09. The number of hydrogen-bond acceptors (Lipinski definition) is 2. The molecular weight excluding hydrogens is 239 g/mol. The second kappa shape index (κ2) is 3.44. The number of nitrogens with zero attached hydrogens (tertiary/aromatic N) is 2. The monoisotopic (exact) mass is 245 g/mol. The van der Waals surface area contributed by atoms with E-state index >= 15 is 0 Å². The van der Waals surface area contributed by atoms with Crippen LogP contribution in [0.5, 0.6) is 0 Å². The number of pyridine rings is 1. The third-order valence-corrected chi connectivity index (χ3v) is 2.24. The lowest BCUT2D eigenvalue weighted by molar-refractivity contribution is -0.137. The quantitative estimate of drug-likeness (QED) is 0.781. The Morgan fingerprint density at radius 1 is 1.31 bits per heavy atom. The molecule has 16 heavy (non-hydrogen) atoms. The number of imidazole rings is 1. The number of aromatic nitrogens is 2. The third kappa shape index (κ3) is 1.85. The summed E-state index contributed by atoms with van der Waals surface area (Å²) in [6.07, 6.45) is -2.06. The zero-order chi connectivity index (χ0) is 11.9. The van der Waals surface area contributed by atoms with E-state index in [2.05, 4.69) is 17.2 Å². The van der Waals surface area contributed by atoms with Gasteiger partial charge >= 0.3 is 6.18 Å². The van der Waals surface area contributed by atoms with Crippen LogP contribution in [-0.2, 0) is 6.18 Å². The molecule has 2 heterocycles. The van der Waals surface area contributed by atoms with Crippen LogP contribution in [0.1, 0.15) is 11.3 Å². The number of rotatable bonds is 1. The zero-order valence-corrected chi connectivity index (χ0v) is 8.64. The molecule has 3 nitrogen and oxygen atoms in total. The van der Waals surface area contributed by atoms with Crippen molar-refractivity contribution in [1.82, 2.24) is 9.38 Å². The summed E-state index contributed by atoms with van der Waals surface area (Å²) in [6.45, 7) is 0. The minimum absolute atomic E-state index is 0.0530. The summed E-state index contributed by atoms with van der Waals surface area (Å²) in [4.78, 5) is 4.02. The van der Waals surface area contributed by atoms with Gasteiger partial charge in [-0.2, -0.15) is 13.2 Å². The van der Waals surface area contributed by atoms with Crippen LogP contribution < -0.4 is 5.73 Å². The number of halogens is 3. The van der Waals surface area contributed by atoms with Gasteiger partial charge in [-0.3, -0.25) is 0 Å². The molecule has 0 aliphatic carbocycles. The van der Waals surface area contributed by atoms with Crippen LogP contribution >= 0.6 is 12.2 Å². The van der Waals surface area contributed by atoms with Crippen molar-refractivity contribution in [1.29, 1.82) is 0 Å². The smallest absolute Gasteiger partial charge is 0.388 e. The summed E-state index contributed by atoms with van der Waals surface area (Å²) in [5, 5.41) is 0. The van der Waals surface area contributed by atoms with E-state index in [1.165, 1.54) is 16.7 Å². The van der Waals surface area contributed by atoms with Crippen LogP contribution in [0, 0.1) is 0 Å². The summed E-state index contributed by atoms with van der Waals surface area (Å²) < 4.78 is 38.4. The van der Waals surface area contributed by atoms with E-state index in [4.69, 9.17) is 5.73 Å². The van der Waals surface area contributed by atoms with Crippen molar-refractivity contribution in [2.24, 2.45) is 5.73 Å². The number of hydrogen-bond donors (Lipinski definition) is 1. The van der Waals surface area contributed by atoms with E-state index in [-0.39, 0.29) is 4.99 Å². The normalized spacial score (nSPS) is 11.9. The Hall–Kier alpha value is -1.63. The van der Waals surface area contributed by atoms with Gasteiger partial charge in [-0.25, -0.2) is 4.98 Å². The number of nitrogens with two attached hydrogens (primary N) is 1. The Kier molecular flexibility index (Phi) is 2.34. The second-order valence-electron chi connectivity index (χ2n) is 3.17. The summed E-state index contributed by atoms with van der Waals surface area (Å²) >= 11 is 4.69. The van der Waals surface area contributed by atoms with E-state index < -0.39 is 11.7 Å². The van der Waals surface area contributed by atoms with Crippen molar-refractivity contribution >= 4 is 22.9 Å². The van der Waals surface area contributed by atoms with E-state index in [1.54, 1.807) is 0 Å². The highest BCUT2D eigenvalue weighted by atomic mass is 32.1. The van der Waals surface area contributed by atoms with Gasteiger partial charge < -0.3 is 10.1 Å². The maximum atomic E-state index is 12.4. The minimum atomic E-state index is -4.37. The van der Waals surface area contributed by atoms with E-state index in [9.17, 15) is 13.2 Å². The zero-order valence-electron chi connectivity index (χ0n) is 7.82. The standard InChI is InChI=1S/C9H6F3N3S/c10-9(11,12)5-1-2-7-14-6(8(13)16)4-15(7)3-5/h1-4H,(H2,13,16). The van der Waals surface area contributed by atoms with Gasteiger partial charge in [-0.05, 0) is 12.1 Å². The van der Waals surface area contributed by atoms with Crippen molar-refractivity contribution in [2.45, 2.75) is 6.18 Å². The molecular formula is C9H6F3N3S. The molecule has 0 aliphatic heterocycles. The average Bonchev–Trinajstić information content (AvgIpc) is 2.58. The Bertz CT molecular complexity index is 559. The van der Waals surface area contributed by atoms with Crippen LogP contribution in [0.25, 0.3) is 5.65 Å². The summed E-state index contributed by atoms with van der Waals surface area (Å²) in [5.41, 5.74) is 5.26. The van der Waals surface area contributed by atoms with Crippen molar-refractivity contribution < 1.29 is 13.2 Å². The first-order valence-corrected chi connectivity index (χ1v) is 4.64. The molecule has 0 amide bonds. The SMILES string of the molecule is NC(=S)c1cn2cc(C(F)(F)F)ccc2n1. The highest BCUT2D eigenvalue weighted by Crippen LogP contribution is 2.29. The van der Waals surface area contributed by atoms with Crippen molar-refractivity contribution in [3.8, 4) is 0 Å². The van der Waals surface area contributed by atoms with E-state index in [1.807, 2.05) is 0 Å². The summed E-state index contributed by atoms with van der Waals surface area (Å²) in [7, 11) is 0. The second-order valence-corrected chi connectivity index (χ2v) is 3.61. The number of alkyl halides is 3. The molecule has 0 aliphatic rings. The lowest BCUT2D eigenvalue weighted by Gasteiger charge is -2.05. The van der Waals surface area contributed by atoms with Crippen LogP contribution in [0.2, 0.25) is 0 Å². The molecule has 2 aromatic rings. The largest absolute Gasteiger partial charge is 0.417 e. The lowest BCUT2D eigenvalue weighted by atomic mass is 10.3. The van der Waals surface area contributed by atoms with Crippen molar-refractivity contribution in [3.05, 3.63) is 35.8 Å². The first-order valence-electron chi connectivity index (χ1n) is 4.23. The molecule has 2 rings (SSSR count). The maximum Gasteiger partial charge on any atom is 0.417 e. The van der Waals surface area contributed by atoms with Crippen molar-refractivity contribution in [3.63, 3.8) is 0 Å². The highest BCUT2D eigenvalue weighted by Gasteiger charge is 2.30. The summed E-state index contributed by atoms with van der Waals surface area (Å²) in [6, 6.07) is 2.23. The molecule has 0 atom stereocenters. The fourth-order valence-corrected chi connectivity index (χ4v) is 1.38. The van der Waals surface area contributed by atoms with E-state index in [0.29, 0.717) is 11.3 Å². The molecule has 2 N–H and O–H groups in total. The average molecular weight is 245 g/mol. The Balaban J connectivity index is 2.58. The third-order valence-electron chi connectivity index (χ3n) is 2.03. The van der Waals surface area contributed by atoms with Gasteiger partial charge in [0.1, 0.15) is 16.3 Å². The number of thiocarbonyl (C=S) groups is 1. The molecule has 0 saturated carbocycles. The van der Waals surface area contributed by atoms with Gasteiger partial charge in [0.05, 0.1) is 5.56 Å². The number of fused-ring (bicyclic) bond motifs is 1. The Labute approximate surface area is 93.7 Å². The van der Waals surface area contributed by atoms with Gasteiger partial charge in [0.15, 0.2) is 0 Å². The van der Waals surface area contributed by atoms with Gasteiger partial charge in [0, 0.05) is 12.4 Å². The fourth-order valence-electron chi connectivity index (χ4n) is 1.28. The van der Waals surface area contributed by atoms with Crippen LogP contribution in [0.3, 0.4) is 0 Å². The molecule has 0 unspecified atom stereocenters. The first-order chi connectivity index (χ1) is 7.38. The molecule has 0 radical (unpaired) electrons. The molecule has 0 spiro atoms. The van der Waals surface area contributed by atoms with E-state index in [0.717, 1.165) is 12.3 Å². The maximum absolute atomic E-state index is 12.4. The molecule has 2 aromatic heterocycles. The van der Waals surface area contributed by atoms with Gasteiger partial charge in [-0.1, -0.05) is 12.2 Å². The minimum Gasteiger partial charge on any atom is -0.388 e. The topological polar surface area (TPSA) is 43.3 Å². The molecule has 7 heteroatoms. The molecule has 0 aromatic carbocycles. The van der Waals surface area contributed by atoms with Crippen LogP contribution in [0.4, 0.5) is 13.2 Å². The predicted molar refractivity (Wildman–Crippen MR) is 56.1 cm³/mol. The van der Waals surface area contributed by atoms with Crippen LogP contribution in [-0.4, -0.2) is 14.4 Å². The molecule has 0 bridgehead atoms. The van der Waals surface area contributed by atoms with Crippen molar-refractivity contribution in [2.75, 3.05) is 0 Å². The van der Waals surface area contributed by atoms with Gasteiger partial charge in [0.25, 0.3) is 0 Å². The summed E-state index contributed by atoms with van der Waals surface area (Å²) in [5.74, 6) is 0. The van der Waals surface area contributed by atoms with Gasteiger partial charge in [-0.15, -0.1) is 0 Å². The molecule has 84 valence electrons. The predicted octanol–water partition coefficient (Wildman–Crippen LogP) is 1.99. The van der Waals surface area contributed by atoms with Crippen LogP contribution in [0.15, 0.2) is 24.5 Å². The highest BCUT2D eigenvalue weighted by molar-refractivity contribution is 7.80. The van der Waals surface area contributed by atoms with Gasteiger partial charge in [0.2, 0.25) is 0 Å². The fraction of sp³-hybridized carbons (Fsp3) is 0.111.